The molecule has 0 bridgehead atoms. The molecule has 0 unspecified atom stereocenters. The summed E-state index contributed by atoms with van der Waals surface area (Å²) in [4.78, 5) is 21.6. The average Bonchev–Trinajstić information content (AvgIpc) is 0.722. The van der Waals surface area contributed by atoms with E-state index in [0.717, 1.165) is 0 Å². The minimum atomic E-state index is -4.64. The number of rotatable bonds is 0. The predicted octanol–water partition coefficient (Wildman–Crippen LogP) is -4.64. The van der Waals surface area contributed by atoms with Gasteiger partial charge in [-0.3, -0.25) is 0 Å². The summed E-state index contributed by atoms with van der Waals surface area (Å²) >= 11 is 0. The maximum atomic E-state index is 8.88. The first kappa shape index (κ1) is 22.6. The molecule has 0 rings (SSSR count). The molecule has 0 radical (unpaired) electrons. The topological polar surface area (TPSA) is 109 Å². The molecule has 0 fully saturated rings. The van der Waals surface area contributed by atoms with Gasteiger partial charge >= 0.3 is 37.4 Å². The third-order valence-corrected chi connectivity index (χ3v) is 0. The van der Waals surface area contributed by atoms with Gasteiger partial charge in [-0.15, -0.1) is 0 Å². The van der Waals surface area contributed by atoms with Crippen LogP contribution in [-0.4, -0.2) is 20.2 Å². The zero-order valence-corrected chi connectivity index (χ0v) is 8.05. The van der Waals surface area contributed by atoms with Crippen molar-refractivity contribution in [3.8, 4) is 0 Å². The molecule has 0 aromatic heterocycles. The molecule has 8 heavy (non-hydrogen) atoms. The van der Waals surface area contributed by atoms with E-state index >= 15 is 0 Å². The van der Waals surface area contributed by atoms with E-state index in [1.54, 1.807) is 0 Å². The van der Waals surface area contributed by atoms with Crippen LogP contribution in [0, 0.1) is 0 Å². The molecule has 0 spiro atoms. The Hall–Kier alpha value is 1.59. The SMILES string of the molecule is O.O=P(O)(O)O.[Fe].[H-].[Na+]. The van der Waals surface area contributed by atoms with Gasteiger partial charge in [0.2, 0.25) is 0 Å². The van der Waals surface area contributed by atoms with E-state index in [1.165, 1.54) is 0 Å². The largest absolute Gasteiger partial charge is 1.00 e. The molecule has 0 saturated carbocycles. The third kappa shape index (κ3) is 130. The van der Waals surface area contributed by atoms with Crippen LogP contribution in [-0.2, 0) is 21.6 Å². The summed E-state index contributed by atoms with van der Waals surface area (Å²) in [6, 6.07) is 0. The van der Waals surface area contributed by atoms with Crippen molar-refractivity contribution >= 4 is 7.82 Å². The average molecular weight is 196 g/mol. The normalized spacial score (nSPS) is 7.38. The summed E-state index contributed by atoms with van der Waals surface area (Å²) in [6.07, 6.45) is 0. The maximum Gasteiger partial charge on any atom is 1.00 e. The molecular formula is H6FeNaO5P. The first-order valence-electron chi connectivity index (χ1n) is 0.783. The van der Waals surface area contributed by atoms with Crippen molar-refractivity contribution in [3.05, 3.63) is 0 Å². The Labute approximate surface area is 80.3 Å². The van der Waals surface area contributed by atoms with Crippen molar-refractivity contribution in [3.63, 3.8) is 0 Å². The van der Waals surface area contributed by atoms with Gasteiger partial charge in [0.15, 0.2) is 0 Å². The van der Waals surface area contributed by atoms with Gasteiger partial charge in [0, 0.05) is 17.1 Å². The molecule has 0 aliphatic carbocycles. The summed E-state index contributed by atoms with van der Waals surface area (Å²) in [6.45, 7) is 0. The van der Waals surface area contributed by atoms with Gasteiger partial charge in [-0.25, -0.2) is 4.57 Å². The Morgan fingerprint density at radius 3 is 1.25 bits per heavy atom. The van der Waals surface area contributed by atoms with Gasteiger partial charge in [-0.05, 0) is 0 Å². The van der Waals surface area contributed by atoms with Crippen LogP contribution in [0.25, 0.3) is 0 Å². The quantitative estimate of drug-likeness (QED) is 0.267. The van der Waals surface area contributed by atoms with Gasteiger partial charge in [0.1, 0.15) is 0 Å². The van der Waals surface area contributed by atoms with Crippen LogP contribution in [0.1, 0.15) is 1.43 Å². The van der Waals surface area contributed by atoms with Crippen molar-refractivity contribution < 1.29 is 72.8 Å². The number of hydrogen-bond acceptors (Lipinski definition) is 1. The molecule has 0 atom stereocenters. The van der Waals surface area contributed by atoms with Crippen LogP contribution in [0.3, 0.4) is 0 Å². The summed E-state index contributed by atoms with van der Waals surface area (Å²) in [5.74, 6) is 0. The Bertz CT molecular complexity index is 63.1. The Morgan fingerprint density at radius 2 is 1.25 bits per heavy atom. The van der Waals surface area contributed by atoms with Gasteiger partial charge in [-0.2, -0.15) is 0 Å². The van der Waals surface area contributed by atoms with Gasteiger partial charge < -0.3 is 21.6 Å². The fourth-order valence-corrected chi connectivity index (χ4v) is 0. The fourth-order valence-electron chi connectivity index (χ4n) is 0. The molecule has 0 amide bonds. The molecule has 0 heterocycles. The van der Waals surface area contributed by atoms with Crippen molar-refractivity contribution in [2.45, 2.75) is 0 Å². The van der Waals surface area contributed by atoms with Crippen molar-refractivity contribution in [1.82, 2.24) is 0 Å². The Morgan fingerprint density at radius 1 is 1.25 bits per heavy atom. The minimum absolute atomic E-state index is 0. The predicted molar refractivity (Wildman–Crippen MR) is 19.0 cm³/mol. The Kier molecular flexibility index (Phi) is 24.3. The van der Waals surface area contributed by atoms with E-state index < -0.39 is 7.82 Å². The summed E-state index contributed by atoms with van der Waals surface area (Å²) in [5, 5.41) is 0. The van der Waals surface area contributed by atoms with E-state index in [0.29, 0.717) is 0 Å². The van der Waals surface area contributed by atoms with Crippen LogP contribution in [0.5, 0.6) is 0 Å². The van der Waals surface area contributed by atoms with Crippen LogP contribution in [0.15, 0.2) is 0 Å². The van der Waals surface area contributed by atoms with Crippen molar-refractivity contribution in [2.24, 2.45) is 0 Å². The standard InChI is InChI=1S/Fe.Na.H3O4P.H2O.H/c;;1-5(2,3)4;;/h;;(H3,1,2,3,4);1H2;/q;+1;;;-1. The van der Waals surface area contributed by atoms with E-state index in [9.17, 15) is 0 Å². The van der Waals surface area contributed by atoms with Gasteiger partial charge in [0.05, 0.1) is 0 Å². The molecule has 0 aliphatic heterocycles. The zero-order valence-electron chi connectivity index (χ0n) is 5.05. The van der Waals surface area contributed by atoms with Crippen LogP contribution in [0.2, 0.25) is 0 Å². The zero-order chi connectivity index (χ0) is 4.50. The van der Waals surface area contributed by atoms with Gasteiger partial charge in [0.25, 0.3) is 0 Å². The first-order valence-corrected chi connectivity index (χ1v) is 2.35. The molecule has 0 aliphatic rings. The van der Waals surface area contributed by atoms with Crippen LogP contribution >= 0.6 is 7.82 Å². The molecule has 0 saturated heterocycles. The molecule has 50 valence electrons. The van der Waals surface area contributed by atoms with Crippen LogP contribution in [0.4, 0.5) is 0 Å². The molecule has 0 aromatic carbocycles. The molecule has 5 N–H and O–H groups in total. The van der Waals surface area contributed by atoms with Crippen LogP contribution < -0.4 is 29.6 Å². The Balaban J connectivity index is -0.0000000133. The molecule has 8 heteroatoms. The second-order valence-corrected chi connectivity index (χ2v) is 1.54. The number of hydrogen-bond donors (Lipinski definition) is 3. The van der Waals surface area contributed by atoms with Crippen molar-refractivity contribution in [2.75, 3.05) is 0 Å². The second kappa shape index (κ2) is 8.59. The van der Waals surface area contributed by atoms with Crippen molar-refractivity contribution in [1.29, 1.82) is 0 Å². The van der Waals surface area contributed by atoms with E-state index in [2.05, 4.69) is 0 Å². The minimum Gasteiger partial charge on any atom is -1.00 e. The van der Waals surface area contributed by atoms with E-state index in [4.69, 9.17) is 19.2 Å². The monoisotopic (exact) mass is 196 g/mol. The smallest absolute Gasteiger partial charge is 1.00 e. The maximum absolute atomic E-state index is 8.88. The summed E-state index contributed by atoms with van der Waals surface area (Å²) < 4.78 is 8.88. The van der Waals surface area contributed by atoms with E-state index in [1.807, 2.05) is 0 Å². The second-order valence-electron chi connectivity index (χ2n) is 0.513. The number of phosphoric acid groups is 1. The van der Waals surface area contributed by atoms with E-state index in [-0.39, 0.29) is 53.5 Å². The molecule has 0 aromatic rings. The van der Waals surface area contributed by atoms with Gasteiger partial charge in [-0.1, -0.05) is 0 Å². The summed E-state index contributed by atoms with van der Waals surface area (Å²) in [7, 11) is -4.64. The third-order valence-electron chi connectivity index (χ3n) is 0. The molecular weight excluding hydrogens is 190 g/mol. The summed E-state index contributed by atoms with van der Waals surface area (Å²) in [5.41, 5.74) is 0. The fraction of sp³-hybridized carbons (Fsp3) is 0. The molecule has 5 nitrogen and oxygen atoms in total. The first-order chi connectivity index (χ1) is 2.00.